The monoisotopic (exact) mass is 518 g/mol. The molecule has 2 aliphatic carbocycles. The molecule has 3 atom stereocenters. The number of hydrogen-bond acceptors (Lipinski definition) is 5. The van der Waals surface area contributed by atoms with Crippen LogP contribution < -0.4 is 9.64 Å². The fourth-order valence-corrected chi connectivity index (χ4v) is 5.65. The highest BCUT2D eigenvalue weighted by Gasteiger charge is 2.52. The van der Waals surface area contributed by atoms with Crippen molar-refractivity contribution in [2.24, 2.45) is 5.92 Å². The second-order valence-corrected chi connectivity index (χ2v) is 9.50. The van der Waals surface area contributed by atoms with Gasteiger partial charge in [0.05, 0.1) is 6.04 Å². The molecule has 1 N–H and O–H groups in total. The number of aliphatic carboxylic acids is 1. The number of hydrogen-bond donors (Lipinski definition) is 1. The zero-order chi connectivity index (χ0) is 26.3. The van der Waals surface area contributed by atoms with E-state index in [4.69, 9.17) is 9.84 Å². The predicted molar refractivity (Wildman–Crippen MR) is 124 cm³/mol. The molecule has 0 saturated heterocycles. The number of halogens is 3. The number of carboxylic acid groups (broad SMARTS) is 1. The first-order valence-corrected chi connectivity index (χ1v) is 12.1. The van der Waals surface area contributed by atoms with Crippen molar-refractivity contribution in [2.75, 3.05) is 11.5 Å². The van der Waals surface area contributed by atoms with Gasteiger partial charge in [-0.05, 0) is 55.5 Å². The predicted octanol–water partition coefficient (Wildman–Crippen LogP) is 5.14. The third-order valence-electron chi connectivity index (χ3n) is 7.09. The van der Waals surface area contributed by atoms with Crippen molar-refractivity contribution in [1.82, 2.24) is 4.90 Å². The third-order valence-corrected chi connectivity index (χ3v) is 7.09. The van der Waals surface area contributed by atoms with Crippen molar-refractivity contribution in [3.63, 3.8) is 0 Å². The Balaban J connectivity index is 1.52. The van der Waals surface area contributed by atoms with Crippen LogP contribution in [-0.2, 0) is 9.53 Å². The number of anilines is 1. The van der Waals surface area contributed by atoms with Crippen LogP contribution in [0, 0.1) is 5.92 Å². The van der Waals surface area contributed by atoms with E-state index in [1.807, 2.05) is 6.07 Å². The number of para-hydroxylation sites is 1. The lowest BCUT2D eigenvalue weighted by Gasteiger charge is -2.47. The lowest BCUT2D eigenvalue weighted by Crippen LogP contribution is -2.53. The Labute approximate surface area is 210 Å². The van der Waals surface area contributed by atoms with Gasteiger partial charge in [-0.25, -0.2) is 9.59 Å². The molecule has 5 rings (SSSR count). The first-order valence-electron chi connectivity index (χ1n) is 12.1. The molecule has 37 heavy (non-hydrogen) atoms. The number of carbonyl (C=O) groups excluding carboxylic acids is 2. The van der Waals surface area contributed by atoms with Gasteiger partial charge < -0.3 is 19.5 Å². The first-order chi connectivity index (χ1) is 17.6. The number of nitrogens with zero attached hydrogens (tertiary/aromatic N) is 2. The van der Waals surface area contributed by atoms with Crippen LogP contribution in [0.15, 0.2) is 48.5 Å². The number of alkyl halides is 3. The maximum absolute atomic E-state index is 13.8. The lowest BCUT2D eigenvalue weighted by atomic mass is 9.81. The first kappa shape index (κ1) is 24.9. The van der Waals surface area contributed by atoms with E-state index in [2.05, 4.69) is 4.74 Å². The zero-order valence-corrected chi connectivity index (χ0v) is 19.7. The topological polar surface area (TPSA) is 96.4 Å². The molecule has 0 bridgehead atoms. The van der Waals surface area contributed by atoms with Crippen molar-refractivity contribution in [3.8, 4) is 5.75 Å². The van der Waals surface area contributed by atoms with Crippen molar-refractivity contribution in [3.05, 3.63) is 59.7 Å². The van der Waals surface area contributed by atoms with Gasteiger partial charge in [0.25, 0.3) is 5.91 Å². The van der Waals surface area contributed by atoms with Gasteiger partial charge in [0.2, 0.25) is 0 Å². The van der Waals surface area contributed by atoms with Gasteiger partial charge in [0.15, 0.2) is 6.61 Å². The van der Waals surface area contributed by atoms with E-state index >= 15 is 0 Å². The van der Waals surface area contributed by atoms with Crippen molar-refractivity contribution >= 4 is 23.7 Å². The van der Waals surface area contributed by atoms with Gasteiger partial charge in [0.1, 0.15) is 5.75 Å². The minimum Gasteiger partial charge on any atom is -0.479 e. The van der Waals surface area contributed by atoms with Gasteiger partial charge in [-0.15, -0.1) is 13.2 Å². The summed E-state index contributed by atoms with van der Waals surface area (Å²) >= 11 is 0. The van der Waals surface area contributed by atoms with Gasteiger partial charge in [-0.3, -0.25) is 9.69 Å². The number of amides is 2. The van der Waals surface area contributed by atoms with Crippen LogP contribution in [0.1, 0.15) is 54.1 Å². The summed E-state index contributed by atoms with van der Waals surface area (Å²) in [6, 6.07) is 11.4. The van der Waals surface area contributed by atoms with Gasteiger partial charge in [0, 0.05) is 29.3 Å². The lowest BCUT2D eigenvalue weighted by molar-refractivity contribution is -0.274. The number of carbonyl (C=O) groups is 3. The maximum atomic E-state index is 13.8. The molecule has 1 heterocycles. The Bertz CT molecular complexity index is 1210. The Morgan fingerprint density at radius 3 is 2.49 bits per heavy atom. The standard InChI is InChI=1S/C26H25F3N2O6/c27-26(28,29)37-17-6-3-5-15(13-17)24(34)31-20-9-2-1-7-18(20)23(19-8-4-10-21(19)31)30(16-11-12-16)25(35)36-14-22(32)33/h1-3,5-7,9,13,16,19,21,23H,4,8,10-12,14H2,(H,32,33). The molecular formula is C26H25F3N2O6. The molecule has 8 nitrogen and oxygen atoms in total. The van der Waals surface area contributed by atoms with Crippen molar-refractivity contribution in [1.29, 1.82) is 0 Å². The summed E-state index contributed by atoms with van der Waals surface area (Å²) in [6.07, 6.45) is -1.87. The molecule has 1 aliphatic heterocycles. The highest BCUT2D eigenvalue weighted by Crippen LogP contribution is 2.53. The van der Waals surface area contributed by atoms with Gasteiger partial charge >= 0.3 is 18.4 Å². The molecule has 2 amide bonds. The molecule has 11 heteroatoms. The number of rotatable bonds is 6. The largest absolute Gasteiger partial charge is 0.573 e. The number of ether oxygens (including phenoxy) is 2. The molecule has 2 aromatic rings. The summed E-state index contributed by atoms with van der Waals surface area (Å²) in [6.45, 7) is -0.745. The Morgan fingerprint density at radius 1 is 1.03 bits per heavy atom. The second-order valence-electron chi connectivity index (χ2n) is 9.50. The molecule has 196 valence electrons. The third kappa shape index (κ3) is 5.07. The molecule has 0 aromatic heterocycles. The van der Waals surface area contributed by atoms with E-state index in [1.54, 1.807) is 28.0 Å². The number of fused-ring (bicyclic) bond motifs is 2. The van der Waals surface area contributed by atoms with Crippen LogP contribution in [0.3, 0.4) is 0 Å². The molecule has 2 fully saturated rings. The average molecular weight is 518 g/mol. The van der Waals surface area contributed by atoms with Crippen LogP contribution in [0.4, 0.5) is 23.7 Å². The van der Waals surface area contributed by atoms with E-state index in [-0.39, 0.29) is 23.6 Å². The molecule has 2 aromatic carbocycles. The smallest absolute Gasteiger partial charge is 0.479 e. The summed E-state index contributed by atoms with van der Waals surface area (Å²) in [5, 5.41) is 8.99. The maximum Gasteiger partial charge on any atom is 0.573 e. The van der Waals surface area contributed by atoms with E-state index < -0.39 is 42.7 Å². The van der Waals surface area contributed by atoms with E-state index in [9.17, 15) is 27.6 Å². The molecule has 0 spiro atoms. The zero-order valence-electron chi connectivity index (χ0n) is 19.7. The van der Waals surface area contributed by atoms with E-state index in [0.717, 1.165) is 43.4 Å². The SMILES string of the molecule is O=C(O)COC(=O)N(C1CC1)C1c2ccccc2N(C(=O)c2cccc(OC(F)(F)F)c2)C2CCCC21. The van der Waals surface area contributed by atoms with Gasteiger partial charge in [-0.2, -0.15) is 0 Å². The normalized spacial score (nSPS) is 22.6. The minimum absolute atomic E-state index is 0.0561. The quantitative estimate of drug-likeness (QED) is 0.569. The summed E-state index contributed by atoms with van der Waals surface area (Å²) in [5.41, 5.74) is 1.35. The highest BCUT2D eigenvalue weighted by atomic mass is 19.4. The molecule has 3 aliphatic rings. The van der Waals surface area contributed by atoms with Crippen LogP contribution in [0.25, 0.3) is 0 Å². The average Bonchev–Trinajstić information content (AvgIpc) is 3.56. The van der Waals surface area contributed by atoms with E-state index in [1.165, 1.54) is 12.1 Å². The van der Waals surface area contributed by atoms with Crippen molar-refractivity contribution < 1.29 is 42.1 Å². The molecule has 0 radical (unpaired) electrons. The van der Waals surface area contributed by atoms with Crippen LogP contribution in [0.2, 0.25) is 0 Å². The summed E-state index contributed by atoms with van der Waals surface area (Å²) in [5.74, 6) is -2.33. The molecule has 3 unspecified atom stereocenters. The fourth-order valence-electron chi connectivity index (χ4n) is 5.65. The van der Waals surface area contributed by atoms with Crippen LogP contribution >= 0.6 is 0 Å². The van der Waals surface area contributed by atoms with Crippen LogP contribution in [-0.4, -0.2) is 53.0 Å². The minimum atomic E-state index is -4.88. The summed E-state index contributed by atoms with van der Waals surface area (Å²) in [4.78, 5) is 41.1. The summed E-state index contributed by atoms with van der Waals surface area (Å²) < 4.78 is 47.4. The van der Waals surface area contributed by atoms with Crippen molar-refractivity contribution in [2.45, 2.75) is 56.6 Å². The van der Waals surface area contributed by atoms with E-state index in [0.29, 0.717) is 12.1 Å². The van der Waals surface area contributed by atoms with Gasteiger partial charge in [-0.1, -0.05) is 30.7 Å². The highest BCUT2D eigenvalue weighted by molar-refractivity contribution is 6.07. The van der Waals surface area contributed by atoms with Crippen LogP contribution in [0.5, 0.6) is 5.75 Å². The second kappa shape index (κ2) is 9.60. The Hall–Kier alpha value is -3.76. The Morgan fingerprint density at radius 2 is 1.78 bits per heavy atom. The number of carboxylic acids is 1. The molecule has 2 saturated carbocycles. The fraction of sp³-hybridized carbons (Fsp3) is 0.423. The summed E-state index contributed by atoms with van der Waals surface area (Å²) in [7, 11) is 0. The molecular weight excluding hydrogens is 493 g/mol. The number of benzene rings is 2. The Kier molecular flexibility index (Phi) is 6.47.